The van der Waals surface area contributed by atoms with Gasteiger partial charge in [-0.25, -0.2) is 23.4 Å². The lowest BCUT2D eigenvalue weighted by atomic mass is 10.4. The number of hydrogen-bond acceptors (Lipinski definition) is 6. The highest BCUT2D eigenvalue weighted by atomic mass is 32.2. The molecule has 1 N–H and O–H groups in total. The number of sulfone groups is 1. The molecular weight excluding hydrogens is 264 g/mol. The molecule has 0 spiro atoms. The summed E-state index contributed by atoms with van der Waals surface area (Å²) in [5, 5.41) is 2.98. The van der Waals surface area contributed by atoms with E-state index in [0.29, 0.717) is 18.2 Å². The SMILES string of the molecule is Cc1nccc(CNc2ncccc2S(C)(=O)=O)n1. The summed E-state index contributed by atoms with van der Waals surface area (Å²) in [6, 6.07) is 4.88. The Hall–Kier alpha value is -2.02. The Morgan fingerprint density at radius 2 is 2.00 bits per heavy atom. The maximum atomic E-state index is 11.6. The molecule has 0 aliphatic carbocycles. The number of nitrogens with zero attached hydrogens (tertiary/aromatic N) is 3. The third kappa shape index (κ3) is 3.47. The van der Waals surface area contributed by atoms with Gasteiger partial charge in [0.15, 0.2) is 9.84 Å². The molecule has 0 saturated heterocycles. The number of hydrogen-bond donors (Lipinski definition) is 1. The van der Waals surface area contributed by atoms with Gasteiger partial charge in [-0.2, -0.15) is 0 Å². The first-order chi connectivity index (χ1) is 8.97. The van der Waals surface area contributed by atoms with Gasteiger partial charge in [-0.1, -0.05) is 0 Å². The summed E-state index contributed by atoms with van der Waals surface area (Å²) in [5.74, 6) is 1.00. The minimum absolute atomic E-state index is 0.181. The van der Waals surface area contributed by atoms with Crippen LogP contribution in [-0.4, -0.2) is 29.6 Å². The molecule has 19 heavy (non-hydrogen) atoms. The van der Waals surface area contributed by atoms with E-state index in [0.717, 1.165) is 11.9 Å². The second-order valence-corrected chi connectivity index (χ2v) is 6.06. The normalized spacial score (nSPS) is 11.3. The van der Waals surface area contributed by atoms with Crippen LogP contribution >= 0.6 is 0 Å². The molecule has 2 aromatic rings. The first-order valence-electron chi connectivity index (χ1n) is 5.64. The Bertz CT molecular complexity index is 686. The van der Waals surface area contributed by atoms with Gasteiger partial charge in [0, 0.05) is 18.6 Å². The Labute approximate surface area is 111 Å². The van der Waals surface area contributed by atoms with Gasteiger partial charge in [0.05, 0.1) is 12.2 Å². The lowest BCUT2D eigenvalue weighted by Gasteiger charge is -2.09. The zero-order chi connectivity index (χ0) is 13.9. The van der Waals surface area contributed by atoms with E-state index in [-0.39, 0.29) is 4.90 Å². The Balaban J connectivity index is 2.21. The highest BCUT2D eigenvalue weighted by molar-refractivity contribution is 7.90. The minimum atomic E-state index is -3.30. The van der Waals surface area contributed by atoms with Crippen LogP contribution in [-0.2, 0) is 16.4 Å². The van der Waals surface area contributed by atoms with Crippen LogP contribution in [0.1, 0.15) is 11.5 Å². The number of rotatable bonds is 4. The summed E-state index contributed by atoms with van der Waals surface area (Å²) < 4.78 is 23.2. The Morgan fingerprint density at radius 1 is 1.21 bits per heavy atom. The van der Waals surface area contributed by atoms with Gasteiger partial charge < -0.3 is 5.32 Å². The zero-order valence-corrected chi connectivity index (χ0v) is 11.5. The molecule has 2 heterocycles. The third-order valence-electron chi connectivity index (χ3n) is 2.44. The lowest BCUT2D eigenvalue weighted by Crippen LogP contribution is -2.09. The number of anilines is 1. The standard InChI is InChI=1S/C12H14N4O2S/c1-9-13-7-5-10(16-9)8-15-12-11(19(2,17)18)4-3-6-14-12/h3-7H,8H2,1-2H3,(H,14,15). The van der Waals surface area contributed by atoms with Crippen LogP contribution < -0.4 is 5.32 Å². The van der Waals surface area contributed by atoms with Crippen LogP contribution in [0.5, 0.6) is 0 Å². The van der Waals surface area contributed by atoms with Crippen molar-refractivity contribution < 1.29 is 8.42 Å². The van der Waals surface area contributed by atoms with Gasteiger partial charge in [0.2, 0.25) is 0 Å². The largest absolute Gasteiger partial charge is 0.363 e. The molecule has 0 atom stereocenters. The second kappa shape index (κ2) is 5.31. The molecule has 2 aromatic heterocycles. The van der Waals surface area contributed by atoms with Crippen molar-refractivity contribution in [3.8, 4) is 0 Å². The monoisotopic (exact) mass is 278 g/mol. The van der Waals surface area contributed by atoms with Crippen LogP contribution in [0.3, 0.4) is 0 Å². The van der Waals surface area contributed by atoms with Crippen LogP contribution in [0, 0.1) is 6.92 Å². The Kier molecular flexibility index (Phi) is 3.75. The van der Waals surface area contributed by atoms with Gasteiger partial charge >= 0.3 is 0 Å². The summed E-state index contributed by atoms with van der Waals surface area (Å²) in [5.41, 5.74) is 0.776. The second-order valence-electron chi connectivity index (χ2n) is 4.07. The molecular formula is C12H14N4O2S. The van der Waals surface area contributed by atoms with Crippen molar-refractivity contribution in [2.45, 2.75) is 18.4 Å². The summed E-state index contributed by atoms with van der Waals surface area (Å²) in [7, 11) is -3.30. The zero-order valence-electron chi connectivity index (χ0n) is 10.7. The third-order valence-corrected chi connectivity index (χ3v) is 3.57. The molecule has 0 aliphatic rings. The molecule has 0 bridgehead atoms. The van der Waals surface area contributed by atoms with Crippen molar-refractivity contribution in [2.24, 2.45) is 0 Å². The number of aryl methyl sites for hydroxylation is 1. The van der Waals surface area contributed by atoms with E-state index in [1.54, 1.807) is 31.5 Å². The molecule has 0 aromatic carbocycles. The van der Waals surface area contributed by atoms with Crippen molar-refractivity contribution in [1.82, 2.24) is 15.0 Å². The van der Waals surface area contributed by atoms with Crippen LogP contribution in [0.2, 0.25) is 0 Å². The van der Waals surface area contributed by atoms with Gasteiger partial charge in [-0.05, 0) is 25.1 Å². The molecule has 0 saturated carbocycles. The van der Waals surface area contributed by atoms with Crippen molar-refractivity contribution in [1.29, 1.82) is 0 Å². The summed E-state index contributed by atoms with van der Waals surface area (Å²) >= 11 is 0. The van der Waals surface area contributed by atoms with E-state index < -0.39 is 9.84 Å². The van der Waals surface area contributed by atoms with Crippen molar-refractivity contribution in [3.63, 3.8) is 0 Å². The van der Waals surface area contributed by atoms with Gasteiger partial charge in [-0.3, -0.25) is 0 Å². The van der Waals surface area contributed by atoms with E-state index in [9.17, 15) is 8.42 Å². The number of aromatic nitrogens is 3. The fraction of sp³-hybridized carbons (Fsp3) is 0.250. The Morgan fingerprint density at radius 3 is 2.68 bits per heavy atom. The number of nitrogens with one attached hydrogen (secondary N) is 1. The first-order valence-corrected chi connectivity index (χ1v) is 7.53. The summed E-state index contributed by atoms with van der Waals surface area (Å²) in [6.07, 6.45) is 4.36. The van der Waals surface area contributed by atoms with Gasteiger partial charge in [0.1, 0.15) is 16.5 Å². The smallest absolute Gasteiger partial charge is 0.179 e. The van der Waals surface area contributed by atoms with Crippen LogP contribution in [0.25, 0.3) is 0 Å². The van der Waals surface area contributed by atoms with Crippen LogP contribution in [0.15, 0.2) is 35.5 Å². The fourth-order valence-corrected chi connectivity index (χ4v) is 2.40. The predicted molar refractivity (Wildman–Crippen MR) is 71.4 cm³/mol. The lowest BCUT2D eigenvalue weighted by molar-refractivity contribution is 0.601. The molecule has 0 aliphatic heterocycles. The van der Waals surface area contributed by atoms with E-state index in [4.69, 9.17) is 0 Å². The maximum Gasteiger partial charge on any atom is 0.179 e. The highest BCUT2D eigenvalue weighted by Gasteiger charge is 2.13. The molecule has 0 fully saturated rings. The minimum Gasteiger partial charge on any atom is -0.363 e. The summed E-state index contributed by atoms with van der Waals surface area (Å²) in [4.78, 5) is 12.5. The molecule has 0 radical (unpaired) electrons. The summed E-state index contributed by atoms with van der Waals surface area (Å²) in [6.45, 7) is 2.19. The topological polar surface area (TPSA) is 84.8 Å². The van der Waals surface area contributed by atoms with Crippen LogP contribution in [0.4, 0.5) is 5.82 Å². The molecule has 100 valence electrons. The molecule has 0 unspecified atom stereocenters. The fourth-order valence-electron chi connectivity index (χ4n) is 1.60. The molecule has 0 amide bonds. The van der Waals surface area contributed by atoms with E-state index in [2.05, 4.69) is 20.3 Å². The number of pyridine rings is 1. The highest BCUT2D eigenvalue weighted by Crippen LogP contribution is 2.18. The quantitative estimate of drug-likeness (QED) is 0.904. The predicted octanol–water partition coefficient (Wildman–Crippen LogP) is 1.20. The van der Waals surface area contributed by atoms with Gasteiger partial charge in [0.25, 0.3) is 0 Å². The van der Waals surface area contributed by atoms with Crippen molar-refractivity contribution in [3.05, 3.63) is 42.1 Å². The first kappa shape index (κ1) is 13.4. The molecule has 2 rings (SSSR count). The average Bonchev–Trinajstić information content (AvgIpc) is 2.36. The molecule has 7 heteroatoms. The van der Waals surface area contributed by atoms with Crippen molar-refractivity contribution >= 4 is 15.7 Å². The van der Waals surface area contributed by atoms with Gasteiger partial charge in [-0.15, -0.1) is 0 Å². The van der Waals surface area contributed by atoms with E-state index in [1.165, 1.54) is 6.07 Å². The molecule has 6 nitrogen and oxygen atoms in total. The van der Waals surface area contributed by atoms with E-state index in [1.807, 2.05) is 0 Å². The maximum absolute atomic E-state index is 11.6. The van der Waals surface area contributed by atoms with E-state index >= 15 is 0 Å². The average molecular weight is 278 g/mol. The van der Waals surface area contributed by atoms with Crippen molar-refractivity contribution in [2.75, 3.05) is 11.6 Å².